The normalized spacial score (nSPS) is 27.5. The van der Waals surface area contributed by atoms with Gasteiger partial charge in [0.25, 0.3) is 0 Å². The number of amides is 1. The molecule has 0 radical (unpaired) electrons. The van der Waals surface area contributed by atoms with E-state index in [4.69, 9.17) is 9.62 Å². The Kier molecular flexibility index (Phi) is 7.34. The molecule has 1 aliphatic rings. The van der Waals surface area contributed by atoms with Crippen molar-refractivity contribution in [1.29, 1.82) is 0 Å². The van der Waals surface area contributed by atoms with Crippen LogP contribution in [0, 0.1) is 0 Å². The molecular weight excluding hydrogens is 389 g/mol. The highest BCUT2D eigenvalue weighted by Crippen LogP contribution is 2.23. The molecule has 122 valence electrons. The fraction of sp³-hybridized carbons (Fsp3) is 0.769. The van der Waals surface area contributed by atoms with Crippen molar-refractivity contribution in [3.63, 3.8) is 0 Å². The summed E-state index contributed by atoms with van der Waals surface area (Å²) in [5.41, 5.74) is 0.164. The molecule has 8 heteroatoms. The van der Waals surface area contributed by atoms with Crippen LogP contribution in [0.15, 0.2) is 11.8 Å². The number of nitrogens with zero attached hydrogens (tertiary/aromatic N) is 2. The molecule has 0 saturated carbocycles. The zero-order chi connectivity index (χ0) is 16.0. The number of carbonyl (C=O) groups excluding carboxylic acids is 1. The standard InChI is InChI=1S/C13H24IN3O4/c1-10(12(18)15-3)6-17(5)11-7-16(4)8-13(2,20-11)9-19-21-14/h6,11H,7-9H2,1-5H3,(H,15,18)/b10-6-/t11?,13-/m0/s1. The third-order valence-corrected chi connectivity index (χ3v) is 3.59. The lowest BCUT2D eigenvalue weighted by Crippen LogP contribution is -2.58. The minimum Gasteiger partial charge on any atom is -0.355 e. The van der Waals surface area contributed by atoms with E-state index in [0.29, 0.717) is 12.2 Å². The van der Waals surface area contributed by atoms with Crippen LogP contribution in [0.2, 0.25) is 0 Å². The monoisotopic (exact) mass is 413 g/mol. The van der Waals surface area contributed by atoms with Crippen LogP contribution in [0.4, 0.5) is 0 Å². The van der Waals surface area contributed by atoms with Crippen LogP contribution in [0.3, 0.4) is 0 Å². The van der Waals surface area contributed by atoms with E-state index in [0.717, 1.165) is 13.1 Å². The van der Waals surface area contributed by atoms with Crippen LogP contribution in [0.5, 0.6) is 0 Å². The highest BCUT2D eigenvalue weighted by Gasteiger charge is 2.37. The van der Waals surface area contributed by atoms with E-state index in [9.17, 15) is 4.79 Å². The quantitative estimate of drug-likeness (QED) is 0.303. The fourth-order valence-corrected chi connectivity index (χ4v) is 2.52. The largest absolute Gasteiger partial charge is 0.355 e. The second-order valence-electron chi connectivity index (χ2n) is 5.60. The Balaban J connectivity index is 2.75. The Morgan fingerprint density at radius 1 is 1.67 bits per heavy atom. The molecule has 1 unspecified atom stereocenters. The number of rotatable bonds is 6. The van der Waals surface area contributed by atoms with Crippen molar-refractivity contribution in [2.75, 3.05) is 40.8 Å². The van der Waals surface area contributed by atoms with Crippen molar-refractivity contribution in [3.05, 3.63) is 11.8 Å². The third-order valence-electron chi connectivity index (χ3n) is 3.34. The zero-order valence-corrected chi connectivity index (χ0v) is 15.3. The van der Waals surface area contributed by atoms with Gasteiger partial charge in [-0.1, -0.05) is 0 Å². The smallest absolute Gasteiger partial charge is 0.248 e. The number of ether oxygens (including phenoxy) is 1. The van der Waals surface area contributed by atoms with Crippen molar-refractivity contribution in [2.24, 2.45) is 0 Å². The molecule has 1 rings (SSSR count). The number of carbonyl (C=O) groups is 1. The first kappa shape index (κ1) is 18.6. The van der Waals surface area contributed by atoms with Crippen LogP contribution in [0.1, 0.15) is 13.8 Å². The fourth-order valence-electron chi connectivity index (χ4n) is 2.39. The van der Waals surface area contributed by atoms with Gasteiger partial charge in [0.1, 0.15) is 18.4 Å². The van der Waals surface area contributed by atoms with Crippen molar-refractivity contribution >= 4 is 28.9 Å². The molecule has 1 heterocycles. The zero-order valence-electron chi connectivity index (χ0n) is 13.2. The lowest BCUT2D eigenvalue weighted by molar-refractivity contribution is -0.257. The van der Waals surface area contributed by atoms with Crippen LogP contribution >= 0.6 is 23.0 Å². The van der Waals surface area contributed by atoms with Gasteiger partial charge in [-0.3, -0.25) is 9.69 Å². The van der Waals surface area contributed by atoms with Crippen LogP contribution in [0.25, 0.3) is 0 Å². The minimum absolute atomic E-state index is 0.101. The number of nitrogens with one attached hydrogen (secondary N) is 1. The maximum atomic E-state index is 11.6. The van der Waals surface area contributed by atoms with E-state index in [1.807, 2.05) is 25.9 Å². The molecule has 0 aliphatic carbocycles. The molecular formula is C13H24IN3O4. The molecule has 0 aromatic rings. The van der Waals surface area contributed by atoms with Gasteiger partial charge in [0, 0.05) is 39.0 Å². The number of likely N-dealkylation sites (N-methyl/N-ethyl adjacent to an activating group) is 3. The predicted molar refractivity (Wildman–Crippen MR) is 87.4 cm³/mol. The molecule has 1 saturated heterocycles. The van der Waals surface area contributed by atoms with Crippen LogP contribution in [-0.2, 0) is 17.6 Å². The molecule has 2 atom stereocenters. The van der Waals surface area contributed by atoms with Crippen LogP contribution < -0.4 is 5.32 Å². The van der Waals surface area contributed by atoms with E-state index in [1.54, 1.807) is 43.2 Å². The van der Waals surface area contributed by atoms with Gasteiger partial charge in [0.15, 0.2) is 23.0 Å². The van der Waals surface area contributed by atoms with Crippen molar-refractivity contribution < 1.29 is 17.6 Å². The molecule has 0 aromatic carbocycles. The van der Waals surface area contributed by atoms with Gasteiger partial charge in [0.2, 0.25) is 5.91 Å². The first-order valence-corrected chi connectivity index (χ1v) is 7.58. The molecule has 1 amide bonds. The van der Waals surface area contributed by atoms with Gasteiger partial charge < -0.3 is 15.0 Å². The number of halogens is 1. The van der Waals surface area contributed by atoms with E-state index in [-0.39, 0.29) is 12.1 Å². The van der Waals surface area contributed by atoms with Gasteiger partial charge in [-0.2, -0.15) is 3.22 Å². The van der Waals surface area contributed by atoms with Crippen LogP contribution in [-0.4, -0.2) is 68.4 Å². The lowest BCUT2D eigenvalue weighted by atomic mass is 10.1. The van der Waals surface area contributed by atoms with E-state index >= 15 is 0 Å². The average Bonchev–Trinajstić information content (AvgIpc) is 2.43. The van der Waals surface area contributed by atoms with Gasteiger partial charge in [-0.05, 0) is 20.9 Å². The second-order valence-corrected chi connectivity index (χ2v) is 5.96. The topological polar surface area (TPSA) is 63.3 Å². The molecule has 0 bridgehead atoms. The van der Waals surface area contributed by atoms with E-state index < -0.39 is 5.60 Å². The van der Waals surface area contributed by atoms with Gasteiger partial charge in [-0.25, -0.2) is 4.89 Å². The van der Waals surface area contributed by atoms with E-state index in [2.05, 4.69) is 13.4 Å². The molecule has 1 N–H and O–H groups in total. The summed E-state index contributed by atoms with van der Waals surface area (Å²) in [6.07, 6.45) is 1.63. The van der Waals surface area contributed by atoms with Gasteiger partial charge in [0.05, 0.1) is 0 Å². The molecule has 1 fully saturated rings. The van der Waals surface area contributed by atoms with Crippen molar-refractivity contribution in [1.82, 2.24) is 15.1 Å². The maximum Gasteiger partial charge on any atom is 0.248 e. The Labute approximate surface area is 140 Å². The summed E-state index contributed by atoms with van der Waals surface area (Å²) in [5, 5.41) is 2.60. The number of hydrogen-bond donors (Lipinski definition) is 1. The Morgan fingerprint density at radius 3 is 2.90 bits per heavy atom. The minimum atomic E-state index is -0.466. The molecule has 0 spiro atoms. The second kappa shape index (κ2) is 8.28. The highest BCUT2D eigenvalue weighted by atomic mass is 127. The Hall–Kier alpha value is -0.420. The first-order valence-electron chi connectivity index (χ1n) is 6.70. The van der Waals surface area contributed by atoms with E-state index in [1.165, 1.54) is 0 Å². The molecule has 7 nitrogen and oxygen atoms in total. The van der Waals surface area contributed by atoms with Gasteiger partial charge in [-0.15, -0.1) is 0 Å². The predicted octanol–water partition coefficient (Wildman–Crippen LogP) is 0.913. The first-order chi connectivity index (χ1) is 9.81. The summed E-state index contributed by atoms with van der Waals surface area (Å²) in [4.78, 5) is 20.7. The maximum absolute atomic E-state index is 11.6. The van der Waals surface area contributed by atoms with Crippen molar-refractivity contribution in [2.45, 2.75) is 25.7 Å². The number of morpholine rings is 1. The lowest BCUT2D eigenvalue weighted by Gasteiger charge is -2.45. The summed E-state index contributed by atoms with van der Waals surface area (Å²) in [7, 11) is 5.54. The molecule has 21 heavy (non-hydrogen) atoms. The highest BCUT2D eigenvalue weighted by molar-refractivity contribution is 14.1. The summed E-state index contributed by atoms with van der Waals surface area (Å²) in [6.45, 7) is 5.58. The molecule has 0 aromatic heterocycles. The Morgan fingerprint density at radius 2 is 2.33 bits per heavy atom. The Bertz CT molecular complexity index is 394. The van der Waals surface area contributed by atoms with Crippen molar-refractivity contribution in [3.8, 4) is 0 Å². The molecule has 1 aliphatic heterocycles. The summed E-state index contributed by atoms with van der Waals surface area (Å²) >= 11 is 1.69. The summed E-state index contributed by atoms with van der Waals surface area (Å²) in [6, 6.07) is 0. The summed E-state index contributed by atoms with van der Waals surface area (Å²) < 4.78 is 10.8. The third kappa shape index (κ3) is 5.70. The number of hydrogen-bond acceptors (Lipinski definition) is 6. The SMILES string of the molecule is CNC(=O)/C(C)=C\N(C)C1CN(C)C[C@@](C)(COOI)O1. The van der Waals surface area contributed by atoms with Gasteiger partial charge >= 0.3 is 0 Å². The summed E-state index contributed by atoms with van der Waals surface area (Å²) in [5.74, 6) is -0.101. The average molecular weight is 413 g/mol.